The van der Waals surface area contributed by atoms with Gasteiger partial charge in [0.15, 0.2) is 0 Å². The highest BCUT2D eigenvalue weighted by Crippen LogP contribution is 2.24. The van der Waals surface area contributed by atoms with Crippen LogP contribution in [0, 0.1) is 10.5 Å². The summed E-state index contributed by atoms with van der Waals surface area (Å²) in [4.78, 5) is 14.5. The number of aryl methyl sites for hydroxylation is 1. The molecule has 0 aliphatic carbocycles. The Hall–Kier alpha value is -0.920. The molecule has 0 aliphatic rings. The van der Waals surface area contributed by atoms with Crippen LogP contribution in [-0.2, 0) is 4.74 Å². The summed E-state index contributed by atoms with van der Waals surface area (Å²) in [6, 6.07) is 11.7. The number of halogens is 1. The molecule has 1 heterocycles. The monoisotopic (exact) mass is 401 g/mol. The van der Waals surface area contributed by atoms with Gasteiger partial charge in [0, 0.05) is 27.0 Å². The van der Waals surface area contributed by atoms with E-state index in [1.165, 1.54) is 4.88 Å². The topological polar surface area (TPSA) is 38.3 Å². The van der Waals surface area contributed by atoms with E-state index in [0.717, 1.165) is 8.45 Å². The van der Waals surface area contributed by atoms with Gasteiger partial charge in [-0.2, -0.15) is 0 Å². The maximum Gasteiger partial charge on any atom is 0.252 e. The molecular formula is C15H16INO2S. The first-order valence-corrected chi connectivity index (χ1v) is 8.13. The highest BCUT2D eigenvalue weighted by atomic mass is 127. The molecule has 1 aromatic heterocycles. The van der Waals surface area contributed by atoms with Gasteiger partial charge in [0.05, 0.1) is 5.56 Å². The molecule has 3 nitrogen and oxygen atoms in total. The Balaban J connectivity index is 2.00. The van der Waals surface area contributed by atoms with Crippen molar-refractivity contribution in [1.82, 2.24) is 5.32 Å². The fourth-order valence-electron chi connectivity index (χ4n) is 1.85. The molecule has 0 radical (unpaired) electrons. The number of amides is 1. The zero-order valence-electron chi connectivity index (χ0n) is 11.4. The fourth-order valence-corrected chi connectivity index (χ4v) is 3.44. The van der Waals surface area contributed by atoms with E-state index in [4.69, 9.17) is 4.74 Å². The van der Waals surface area contributed by atoms with E-state index in [1.807, 2.05) is 30.3 Å². The summed E-state index contributed by atoms with van der Waals surface area (Å²) in [7, 11) is 1.66. The molecule has 0 fully saturated rings. The van der Waals surface area contributed by atoms with Crippen molar-refractivity contribution in [3.63, 3.8) is 0 Å². The third kappa shape index (κ3) is 3.80. The Kier molecular flexibility index (Phi) is 5.56. The van der Waals surface area contributed by atoms with Crippen molar-refractivity contribution in [2.75, 3.05) is 13.7 Å². The van der Waals surface area contributed by atoms with E-state index in [9.17, 15) is 4.79 Å². The Morgan fingerprint density at radius 3 is 2.70 bits per heavy atom. The molecule has 1 N–H and O–H groups in total. The van der Waals surface area contributed by atoms with Gasteiger partial charge in [0.1, 0.15) is 6.10 Å². The number of carbonyl (C=O) groups excluding carboxylic acids is 1. The Labute approximate surface area is 136 Å². The van der Waals surface area contributed by atoms with Gasteiger partial charge in [-0.3, -0.25) is 4.79 Å². The number of thiophene rings is 1. The maximum atomic E-state index is 12.2. The molecule has 0 aliphatic heterocycles. The molecule has 2 aromatic rings. The van der Waals surface area contributed by atoms with Gasteiger partial charge < -0.3 is 10.1 Å². The van der Waals surface area contributed by atoms with Gasteiger partial charge in [0.25, 0.3) is 5.91 Å². The molecule has 0 bridgehead atoms. The summed E-state index contributed by atoms with van der Waals surface area (Å²) in [6.07, 6.45) is -0.0981. The zero-order chi connectivity index (χ0) is 14.5. The molecular weight excluding hydrogens is 385 g/mol. The highest BCUT2D eigenvalue weighted by molar-refractivity contribution is 14.1. The molecule has 5 heteroatoms. The predicted octanol–water partition coefficient (Wildman–Crippen LogP) is 3.78. The van der Waals surface area contributed by atoms with Crippen LogP contribution in [0.1, 0.15) is 26.2 Å². The number of carbonyl (C=O) groups is 1. The van der Waals surface area contributed by atoms with Crippen molar-refractivity contribution < 1.29 is 9.53 Å². The van der Waals surface area contributed by atoms with Gasteiger partial charge in [-0.05, 0) is 53.8 Å². The smallest absolute Gasteiger partial charge is 0.252 e. The van der Waals surface area contributed by atoms with Crippen molar-refractivity contribution >= 4 is 39.8 Å². The zero-order valence-corrected chi connectivity index (χ0v) is 14.3. The third-order valence-electron chi connectivity index (χ3n) is 2.93. The Morgan fingerprint density at radius 1 is 1.35 bits per heavy atom. The molecule has 0 saturated carbocycles. The number of rotatable bonds is 5. The number of methoxy groups -OCH3 is 1. The molecule has 0 saturated heterocycles. The summed E-state index contributed by atoms with van der Waals surface area (Å²) in [6.45, 7) is 2.53. The van der Waals surface area contributed by atoms with Crippen molar-refractivity contribution in [3.8, 4) is 0 Å². The average molecular weight is 401 g/mol. The lowest BCUT2D eigenvalue weighted by Crippen LogP contribution is -2.29. The van der Waals surface area contributed by atoms with Crippen molar-refractivity contribution in [2.24, 2.45) is 0 Å². The number of hydrogen-bond donors (Lipinski definition) is 1. The van der Waals surface area contributed by atoms with Crippen LogP contribution < -0.4 is 5.32 Å². The van der Waals surface area contributed by atoms with Crippen molar-refractivity contribution in [2.45, 2.75) is 13.0 Å². The number of ether oxygens (including phenoxy) is 1. The lowest BCUT2D eigenvalue weighted by Gasteiger charge is -2.15. The van der Waals surface area contributed by atoms with Gasteiger partial charge in [-0.25, -0.2) is 0 Å². The molecule has 2 rings (SSSR count). The largest absolute Gasteiger partial charge is 0.374 e. The van der Waals surface area contributed by atoms with Gasteiger partial charge >= 0.3 is 0 Å². The summed E-state index contributed by atoms with van der Waals surface area (Å²) in [5.41, 5.74) is 0.699. The van der Waals surface area contributed by atoms with E-state index in [-0.39, 0.29) is 12.0 Å². The molecule has 1 aromatic carbocycles. The SMILES string of the molecule is COC(CNC(=O)c1ccccc1I)c1ccc(C)s1. The van der Waals surface area contributed by atoms with Crippen LogP contribution in [0.2, 0.25) is 0 Å². The van der Waals surface area contributed by atoms with E-state index < -0.39 is 0 Å². The first-order valence-electron chi connectivity index (χ1n) is 6.23. The van der Waals surface area contributed by atoms with Gasteiger partial charge in [0.2, 0.25) is 0 Å². The van der Waals surface area contributed by atoms with Gasteiger partial charge in [-0.1, -0.05) is 12.1 Å². The fraction of sp³-hybridized carbons (Fsp3) is 0.267. The quantitative estimate of drug-likeness (QED) is 0.775. The Morgan fingerprint density at radius 2 is 2.10 bits per heavy atom. The molecule has 1 unspecified atom stereocenters. The standard InChI is InChI=1S/C15H16INO2S/c1-10-7-8-14(20-10)13(19-2)9-17-15(18)11-5-3-4-6-12(11)16/h3-8,13H,9H2,1-2H3,(H,17,18). The second kappa shape index (κ2) is 7.19. The predicted molar refractivity (Wildman–Crippen MR) is 90.3 cm³/mol. The highest BCUT2D eigenvalue weighted by Gasteiger charge is 2.15. The molecule has 1 amide bonds. The molecule has 106 valence electrons. The summed E-state index contributed by atoms with van der Waals surface area (Å²) in [5.74, 6) is -0.0645. The molecule has 1 atom stereocenters. The van der Waals surface area contributed by atoms with Crippen LogP contribution in [0.3, 0.4) is 0 Å². The van der Waals surface area contributed by atoms with Crippen LogP contribution in [-0.4, -0.2) is 19.6 Å². The van der Waals surface area contributed by atoms with Crippen LogP contribution in [0.25, 0.3) is 0 Å². The lowest BCUT2D eigenvalue weighted by molar-refractivity contribution is 0.0837. The van der Waals surface area contributed by atoms with Crippen molar-refractivity contribution in [3.05, 3.63) is 55.3 Å². The summed E-state index contributed by atoms with van der Waals surface area (Å²) < 4.78 is 6.41. The number of hydrogen-bond acceptors (Lipinski definition) is 3. The first kappa shape index (κ1) is 15.5. The first-order chi connectivity index (χ1) is 9.61. The maximum absolute atomic E-state index is 12.2. The van der Waals surface area contributed by atoms with E-state index in [1.54, 1.807) is 18.4 Å². The minimum atomic E-state index is -0.0981. The summed E-state index contributed by atoms with van der Waals surface area (Å²) in [5, 5.41) is 2.94. The minimum Gasteiger partial charge on any atom is -0.374 e. The van der Waals surface area contributed by atoms with Gasteiger partial charge in [-0.15, -0.1) is 11.3 Å². The van der Waals surface area contributed by atoms with E-state index in [0.29, 0.717) is 12.1 Å². The molecule has 0 spiro atoms. The Bertz CT molecular complexity index is 597. The minimum absolute atomic E-state index is 0.0645. The number of nitrogens with one attached hydrogen (secondary N) is 1. The van der Waals surface area contributed by atoms with Crippen LogP contribution in [0.15, 0.2) is 36.4 Å². The molecule has 20 heavy (non-hydrogen) atoms. The van der Waals surface area contributed by atoms with Crippen LogP contribution in [0.4, 0.5) is 0 Å². The second-order valence-corrected chi connectivity index (χ2v) is 6.84. The van der Waals surface area contributed by atoms with E-state index in [2.05, 4.69) is 40.9 Å². The normalized spacial score (nSPS) is 12.2. The summed E-state index contributed by atoms with van der Waals surface area (Å²) >= 11 is 3.86. The third-order valence-corrected chi connectivity index (χ3v) is 4.96. The van der Waals surface area contributed by atoms with Crippen LogP contribution in [0.5, 0.6) is 0 Å². The van der Waals surface area contributed by atoms with E-state index >= 15 is 0 Å². The lowest BCUT2D eigenvalue weighted by atomic mass is 10.2. The number of benzene rings is 1. The second-order valence-electron chi connectivity index (χ2n) is 4.36. The van der Waals surface area contributed by atoms with Crippen LogP contribution >= 0.6 is 33.9 Å². The average Bonchev–Trinajstić information content (AvgIpc) is 2.86. The van der Waals surface area contributed by atoms with Crippen molar-refractivity contribution in [1.29, 1.82) is 0 Å².